The molecule has 0 aliphatic rings. The Balaban J connectivity index is 2.95. The highest BCUT2D eigenvalue weighted by Gasteiger charge is 2.04. The second-order valence-corrected chi connectivity index (χ2v) is 3.70. The predicted octanol–water partition coefficient (Wildman–Crippen LogP) is 2.62. The van der Waals surface area contributed by atoms with E-state index in [-0.39, 0.29) is 0 Å². The largest absolute Gasteiger partial charge is 0.493 e. The summed E-state index contributed by atoms with van der Waals surface area (Å²) in [5.74, 6) is 1.43. The summed E-state index contributed by atoms with van der Waals surface area (Å²) in [6.07, 6.45) is 3.73. The third kappa shape index (κ3) is 3.96. The number of hydrogen-bond acceptors (Lipinski definition) is 3. The maximum absolute atomic E-state index is 5.55. The van der Waals surface area contributed by atoms with Gasteiger partial charge in [0.05, 0.1) is 7.11 Å². The molecule has 0 unspecified atom stereocenters. The van der Waals surface area contributed by atoms with Gasteiger partial charge in [-0.1, -0.05) is 30.4 Å². The van der Waals surface area contributed by atoms with E-state index < -0.39 is 0 Å². The van der Waals surface area contributed by atoms with Crippen molar-refractivity contribution in [1.82, 2.24) is 0 Å². The van der Waals surface area contributed by atoms with E-state index in [0.29, 0.717) is 18.9 Å². The molecular weight excluding hydrogens is 214 g/mol. The molecule has 0 spiro atoms. The first kappa shape index (κ1) is 13.3. The van der Waals surface area contributed by atoms with Gasteiger partial charge in [0.15, 0.2) is 11.5 Å². The normalized spacial score (nSPS) is 11.1. The van der Waals surface area contributed by atoms with Crippen molar-refractivity contribution in [2.24, 2.45) is 5.73 Å². The molecule has 2 N–H and O–H groups in total. The summed E-state index contributed by atoms with van der Waals surface area (Å²) >= 11 is 0. The molecule has 1 aromatic rings. The Kier molecular flexibility index (Phi) is 5.30. The third-order valence-electron chi connectivity index (χ3n) is 2.28. The number of nitrogens with two attached hydrogens (primary N) is 1. The van der Waals surface area contributed by atoms with Gasteiger partial charge in [-0.25, -0.2) is 0 Å². The fourth-order valence-corrected chi connectivity index (χ4v) is 1.39. The van der Waals surface area contributed by atoms with Gasteiger partial charge in [-0.15, -0.1) is 0 Å². The van der Waals surface area contributed by atoms with Gasteiger partial charge in [0.25, 0.3) is 0 Å². The molecule has 0 heterocycles. The van der Waals surface area contributed by atoms with Crippen LogP contribution in [0.5, 0.6) is 11.5 Å². The van der Waals surface area contributed by atoms with Gasteiger partial charge >= 0.3 is 0 Å². The molecule has 1 aromatic carbocycles. The molecule has 92 valence electrons. The average Bonchev–Trinajstić information content (AvgIpc) is 2.36. The Morgan fingerprint density at radius 2 is 2.18 bits per heavy atom. The summed E-state index contributed by atoms with van der Waals surface area (Å²) in [6, 6.07) is 5.79. The first-order chi connectivity index (χ1) is 8.21. The van der Waals surface area contributed by atoms with Gasteiger partial charge in [-0.3, -0.25) is 0 Å². The Labute approximate surface area is 103 Å². The van der Waals surface area contributed by atoms with Crippen molar-refractivity contribution in [2.45, 2.75) is 6.92 Å². The second kappa shape index (κ2) is 6.76. The highest BCUT2D eigenvalue weighted by atomic mass is 16.5. The van der Waals surface area contributed by atoms with Crippen LogP contribution < -0.4 is 15.2 Å². The lowest BCUT2D eigenvalue weighted by Crippen LogP contribution is -1.99. The maximum Gasteiger partial charge on any atom is 0.161 e. The van der Waals surface area contributed by atoms with E-state index in [1.54, 1.807) is 13.2 Å². The van der Waals surface area contributed by atoms with Crippen molar-refractivity contribution in [3.8, 4) is 11.5 Å². The van der Waals surface area contributed by atoms with Crippen LogP contribution in [0.1, 0.15) is 12.5 Å². The Hall–Kier alpha value is -1.74. The van der Waals surface area contributed by atoms with Crippen LogP contribution in [0, 0.1) is 0 Å². The van der Waals surface area contributed by atoms with Crippen LogP contribution >= 0.6 is 0 Å². The summed E-state index contributed by atoms with van der Waals surface area (Å²) < 4.78 is 10.8. The first-order valence-corrected chi connectivity index (χ1v) is 5.50. The topological polar surface area (TPSA) is 44.5 Å². The molecule has 0 aliphatic heterocycles. The molecule has 0 aromatic heterocycles. The lowest BCUT2D eigenvalue weighted by molar-refractivity contribution is 0.326. The average molecular weight is 233 g/mol. The summed E-state index contributed by atoms with van der Waals surface area (Å²) in [4.78, 5) is 0. The minimum atomic E-state index is 0.466. The van der Waals surface area contributed by atoms with Crippen LogP contribution in [0.2, 0.25) is 0 Å². The number of hydrogen-bond donors (Lipinski definition) is 1. The highest BCUT2D eigenvalue weighted by molar-refractivity contribution is 5.58. The van der Waals surface area contributed by atoms with Crippen LogP contribution in [-0.2, 0) is 0 Å². The summed E-state index contributed by atoms with van der Waals surface area (Å²) in [5, 5.41) is 0. The smallest absolute Gasteiger partial charge is 0.161 e. The zero-order valence-corrected chi connectivity index (χ0v) is 10.4. The van der Waals surface area contributed by atoms with E-state index in [1.807, 2.05) is 31.2 Å². The van der Waals surface area contributed by atoms with E-state index >= 15 is 0 Å². The number of benzene rings is 1. The van der Waals surface area contributed by atoms with Crippen LogP contribution in [-0.4, -0.2) is 20.3 Å². The maximum atomic E-state index is 5.55. The van der Waals surface area contributed by atoms with E-state index in [4.69, 9.17) is 15.2 Å². The Bertz CT molecular complexity index is 411. The first-order valence-electron chi connectivity index (χ1n) is 5.50. The minimum Gasteiger partial charge on any atom is -0.493 e. The van der Waals surface area contributed by atoms with Crippen molar-refractivity contribution in [3.05, 3.63) is 42.0 Å². The van der Waals surface area contributed by atoms with Crippen molar-refractivity contribution < 1.29 is 9.47 Å². The summed E-state index contributed by atoms with van der Waals surface area (Å²) in [5.41, 5.74) is 7.72. The number of methoxy groups -OCH3 is 1. The SMILES string of the molecule is C=CCOc1ccc(C=C(C)CN)cc1OC. The van der Waals surface area contributed by atoms with E-state index in [2.05, 4.69) is 6.58 Å². The molecule has 17 heavy (non-hydrogen) atoms. The Morgan fingerprint density at radius 3 is 2.76 bits per heavy atom. The van der Waals surface area contributed by atoms with Gasteiger partial charge in [0, 0.05) is 6.54 Å². The molecular formula is C14H19NO2. The highest BCUT2D eigenvalue weighted by Crippen LogP contribution is 2.28. The third-order valence-corrected chi connectivity index (χ3v) is 2.28. The molecule has 0 aliphatic carbocycles. The minimum absolute atomic E-state index is 0.466. The molecule has 1 rings (SSSR count). The van der Waals surface area contributed by atoms with Crippen molar-refractivity contribution in [1.29, 1.82) is 0 Å². The second-order valence-electron chi connectivity index (χ2n) is 3.70. The van der Waals surface area contributed by atoms with Crippen molar-refractivity contribution >= 4 is 6.08 Å². The van der Waals surface area contributed by atoms with Gasteiger partial charge in [-0.2, -0.15) is 0 Å². The zero-order chi connectivity index (χ0) is 12.7. The van der Waals surface area contributed by atoms with E-state index in [1.165, 1.54) is 0 Å². The molecule has 3 heteroatoms. The Morgan fingerprint density at radius 1 is 1.41 bits per heavy atom. The van der Waals surface area contributed by atoms with Crippen LogP contribution in [0.25, 0.3) is 6.08 Å². The molecule has 0 saturated carbocycles. The van der Waals surface area contributed by atoms with E-state index in [0.717, 1.165) is 16.9 Å². The van der Waals surface area contributed by atoms with E-state index in [9.17, 15) is 0 Å². The molecule has 0 saturated heterocycles. The van der Waals surface area contributed by atoms with Gasteiger partial charge in [0.2, 0.25) is 0 Å². The summed E-state index contributed by atoms with van der Waals surface area (Å²) in [6.45, 7) is 6.62. The molecule has 0 fully saturated rings. The van der Waals surface area contributed by atoms with Crippen LogP contribution in [0.4, 0.5) is 0 Å². The monoisotopic (exact) mass is 233 g/mol. The molecule has 3 nitrogen and oxygen atoms in total. The molecule has 0 radical (unpaired) electrons. The lowest BCUT2D eigenvalue weighted by Gasteiger charge is -2.10. The summed E-state index contributed by atoms with van der Waals surface area (Å²) in [7, 11) is 1.62. The fourth-order valence-electron chi connectivity index (χ4n) is 1.39. The molecule has 0 amide bonds. The number of rotatable bonds is 6. The zero-order valence-electron chi connectivity index (χ0n) is 10.4. The molecule has 0 atom stereocenters. The lowest BCUT2D eigenvalue weighted by atomic mass is 10.1. The number of ether oxygens (including phenoxy) is 2. The molecule has 0 bridgehead atoms. The van der Waals surface area contributed by atoms with Crippen molar-refractivity contribution in [3.63, 3.8) is 0 Å². The predicted molar refractivity (Wildman–Crippen MR) is 71.4 cm³/mol. The van der Waals surface area contributed by atoms with Crippen molar-refractivity contribution in [2.75, 3.05) is 20.3 Å². The van der Waals surface area contributed by atoms with Crippen LogP contribution in [0.3, 0.4) is 0 Å². The fraction of sp³-hybridized carbons (Fsp3) is 0.286. The van der Waals surface area contributed by atoms with Gasteiger partial charge in [0.1, 0.15) is 6.61 Å². The quantitative estimate of drug-likeness (QED) is 0.768. The van der Waals surface area contributed by atoms with Gasteiger partial charge in [-0.05, 0) is 24.6 Å². The van der Waals surface area contributed by atoms with Gasteiger partial charge < -0.3 is 15.2 Å². The van der Waals surface area contributed by atoms with Crippen LogP contribution in [0.15, 0.2) is 36.4 Å². The standard InChI is InChI=1S/C14H19NO2/c1-4-7-17-13-6-5-12(8-11(2)10-15)9-14(13)16-3/h4-6,8-9H,1,7,10,15H2,2-3H3.